The molecule has 0 aliphatic carbocycles. The fourth-order valence-corrected chi connectivity index (χ4v) is 2.27. The van der Waals surface area contributed by atoms with Crippen molar-refractivity contribution in [1.82, 2.24) is 5.32 Å². The molecule has 0 fully saturated rings. The minimum atomic E-state index is -4.71. The maximum atomic E-state index is 12.1. The molecule has 0 aliphatic heterocycles. The van der Waals surface area contributed by atoms with E-state index in [9.17, 15) is 18.3 Å². The fourth-order valence-electron chi connectivity index (χ4n) is 2.27. The number of halogens is 3. The fraction of sp³-hybridized carbons (Fsp3) is 0.278. The van der Waals surface area contributed by atoms with Gasteiger partial charge in [-0.1, -0.05) is 42.5 Å². The highest BCUT2D eigenvalue weighted by Crippen LogP contribution is 2.22. The molecule has 2 aromatic rings. The van der Waals surface area contributed by atoms with E-state index in [1.807, 2.05) is 30.3 Å². The van der Waals surface area contributed by atoms with Crippen molar-refractivity contribution in [2.45, 2.75) is 18.8 Å². The number of ether oxygens (including phenoxy) is 1. The molecule has 0 aromatic heterocycles. The van der Waals surface area contributed by atoms with Gasteiger partial charge in [0.2, 0.25) is 0 Å². The van der Waals surface area contributed by atoms with Crippen LogP contribution in [0.1, 0.15) is 17.0 Å². The first kappa shape index (κ1) is 19.6. The number of hydrogen-bond donors (Lipinski definition) is 3. The molecule has 140 valence electrons. The second-order valence-corrected chi connectivity index (χ2v) is 5.56. The minimum absolute atomic E-state index is 0.0367. The Morgan fingerprint density at radius 2 is 1.77 bits per heavy atom. The van der Waals surface area contributed by atoms with Crippen LogP contribution >= 0.6 is 0 Å². The summed E-state index contributed by atoms with van der Waals surface area (Å²) in [5.74, 6) is -0.219. The Bertz CT molecular complexity index is 704. The number of rotatable bonds is 7. The Morgan fingerprint density at radius 3 is 2.35 bits per heavy atom. The molecular weight excluding hydrogens is 347 g/mol. The second kappa shape index (κ2) is 9.10. The highest BCUT2D eigenvalue weighted by molar-refractivity contribution is 5.77. The van der Waals surface area contributed by atoms with Crippen molar-refractivity contribution in [3.63, 3.8) is 0 Å². The van der Waals surface area contributed by atoms with Crippen LogP contribution in [-0.4, -0.2) is 30.6 Å². The zero-order valence-electron chi connectivity index (χ0n) is 13.9. The van der Waals surface area contributed by atoms with Gasteiger partial charge in [-0.3, -0.25) is 0 Å². The van der Waals surface area contributed by atoms with Crippen LogP contribution in [0, 0.1) is 0 Å². The lowest BCUT2D eigenvalue weighted by atomic mass is 10.0. The molecule has 0 bridgehead atoms. The van der Waals surface area contributed by atoms with Crippen molar-refractivity contribution >= 4 is 5.96 Å². The van der Waals surface area contributed by atoms with Gasteiger partial charge in [-0.2, -0.15) is 0 Å². The van der Waals surface area contributed by atoms with E-state index in [2.05, 4.69) is 15.0 Å². The van der Waals surface area contributed by atoms with Gasteiger partial charge in [0.25, 0.3) is 0 Å². The van der Waals surface area contributed by atoms with Crippen molar-refractivity contribution in [3.05, 3.63) is 65.7 Å². The summed E-state index contributed by atoms with van der Waals surface area (Å²) in [7, 11) is 0. The molecule has 0 radical (unpaired) electrons. The second-order valence-electron chi connectivity index (χ2n) is 5.56. The van der Waals surface area contributed by atoms with Crippen LogP contribution in [0.2, 0.25) is 0 Å². The lowest BCUT2D eigenvalue weighted by Crippen LogP contribution is -2.35. The first-order valence-corrected chi connectivity index (χ1v) is 7.91. The van der Waals surface area contributed by atoms with Crippen LogP contribution in [0.4, 0.5) is 13.2 Å². The molecule has 0 aliphatic rings. The Hall–Kier alpha value is -2.74. The van der Waals surface area contributed by atoms with Crippen LogP contribution < -0.4 is 15.8 Å². The van der Waals surface area contributed by atoms with Crippen molar-refractivity contribution < 1.29 is 23.0 Å². The highest BCUT2D eigenvalue weighted by Gasteiger charge is 2.30. The molecule has 0 saturated carbocycles. The number of guanidine groups is 1. The Kier molecular flexibility index (Phi) is 6.85. The Labute approximate surface area is 149 Å². The molecule has 1 atom stereocenters. The summed E-state index contributed by atoms with van der Waals surface area (Å²) in [6.07, 6.45) is -4.71. The molecule has 0 heterocycles. The molecule has 0 saturated heterocycles. The van der Waals surface area contributed by atoms with Crippen LogP contribution in [0.3, 0.4) is 0 Å². The lowest BCUT2D eigenvalue weighted by molar-refractivity contribution is -0.274. The molecule has 5 nitrogen and oxygen atoms in total. The van der Waals surface area contributed by atoms with Crippen molar-refractivity contribution in [2.24, 2.45) is 10.7 Å². The third-order valence-electron chi connectivity index (χ3n) is 3.61. The third-order valence-corrected chi connectivity index (χ3v) is 3.61. The minimum Gasteiger partial charge on any atom is -0.406 e. The summed E-state index contributed by atoms with van der Waals surface area (Å²) >= 11 is 0. The van der Waals surface area contributed by atoms with Gasteiger partial charge in [0, 0.05) is 12.5 Å². The van der Waals surface area contributed by atoms with E-state index in [4.69, 9.17) is 5.73 Å². The molecule has 0 spiro atoms. The van der Waals surface area contributed by atoms with E-state index in [1.165, 1.54) is 24.3 Å². The zero-order chi connectivity index (χ0) is 19.0. The summed E-state index contributed by atoms with van der Waals surface area (Å²) in [5.41, 5.74) is 7.47. The number of alkyl halides is 3. The predicted molar refractivity (Wildman–Crippen MR) is 92.7 cm³/mol. The average Bonchev–Trinajstić information content (AvgIpc) is 2.61. The van der Waals surface area contributed by atoms with E-state index in [0.717, 1.165) is 5.56 Å². The number of nitrogens with zero attached hydrogens (tertiary/aromatic N) is 1. The van der Waals surface area contributed by atoms with Crippen LogP contribution in [0.25, 0.3) is 0 Å². The summed E-state index contributed by atoms with van der Waals surface area (Å²) in [5, 5.41) is 12.4. The average molecular weight is 367 g/mol. The van der Waals surface area contributed by atoms with Gasteiger partial charge in [0.1, 0.15) is 5.75 Å². The van der Waals surface area contributed by atoms with Gasteiger partial charge in [0.15, 0.2) is 5.96 Å². The molecule has 8 heteroatoms. The smallest absolute Gasteiger partial charge is 0.406 e. The third kappa shape index (κ3) is 6.64. The summed E-state index contributed by atoms with van der Waals surface area (Å²) in [6, 6.07) is 14.9. The van der Waals surface area contributed by atoms with Gasteiger partial charge >= 0.3 is 6.36 Å². The molecule has 26 heavy (non-hydrogen) atoms. The number of nitrogens with two attached hydrogens (primary N) is 1. The van der Waals surface area contributed by atoms with E-state index in [1.54, 1.807) is 0 Å². The first-order chi connectivity index (χ1) is 12.4. The summed E-state index contributed by atoms with van der Waals surface area (Å²) < 4.78 is 40.1. The largest absolute Gasteiger partial charge is 0.573 e. The SMILES string of the molecule is NC(=NCc1ccc(OC(F)(F)F)cc1)NCC(CO)c1ccccc1. The standard InChI is InChI=1S/C18H20F3N3O2/c19-18(20,21)26-16-8-6-13(7-9-16)10-23-17(22)24-11-15(12-25)14-4-2-1-3-5-14/h1-9,15,25H,10-12H2,(H3,22,23,24). The molecule has 4 N–H and O–H groups in total. The van der Waals surface area contributed by atoms with E-state index in [-0.39, 0.29) is 30.8 Å². The van der Waals surface area contributed by atoms with Gasteiger partial charge in [-0.25, -0.2) is 4.99 Å². The monoisotopic (exact) mass is 367 g/mol. The van der Waals surface area contributed by atoms with E-state index >= 15 is 0 Å². The number of aliphatic imine (C=N–C) groups is 1. The number of aliphatic hydroxyl groups is 1. The maximum Gasteiger partial charge on any atom is 0.573 e. The predicted octanol–water partition coefficient (Wildman–Crippen LogP) is 2.77. The maximum absolute atomic E-state index is 12.1. The summed E-state index contributed by atoms with van der Waals surface area (Å²) in [4.78, 5) is 4.14. The van der Waals surface area contributed by atoms with Gasteiger partial charge in [0.05, 0.1) is 13.2 Å². The quantitative estimate of drug-likeness (QED) is 0.519. The van der Waals surface area contributed by atoms with Gasteiger partial charge in [-0.05, 0) is 23.3 Å². The normalized spacial score (nSPS) is 13.3. The van der Waals surface area contributed by atoms with Crippen molar-refractivity contribution in [3.8, 4) is 5.75 Å². The van der Waals surface area contributed by atoms with Gasteiger partial charge in [-0.15, -0.1) is 13.2 Å². The molecule has 1 unspecified atom stereocenters. The Morgan fingerprint density at radius 1 is 1.12 bits per heavy atom. The van der Waals surface area contributed by atoms with E-state index < -0.39 is 6.36 Å². The highest BCUT2D eigenvalue weighted by atomic mass is 19.4. The topological polar surface area (TPSA) is 79.9 Å². The number of aliphatic hydroxyl groups excluding tert-OH is 1. The Balaban J connectivity index is 1.86. The summed E-state index contributed by atoms with van der Waals surface area (Å²) in [6.45, 7) is 0.583. The van der Waals surface area contributed by atoms with Crippen LogP contribution in [0.15, 0.2) is 59.6 Å². The number of nitrogens with one attached hydrogen (secondary N) is 1. The van der Waals surface area contributed by atoms with Crippen molar-refractivity contribution in [2.75, 3.05) is 13.2 Å². The zero-order valence-corrected chi connectivity index (χ0v) is 13.9. The van der Waals surface area contributed by atoms with Gasteiger partial charge < -0.3 is 20.9 Å². The molecular formula is C18H20F3N3O2. The first-order valence-electron chi connectivity index (χ1n) is 7.91. The van der Waals surface area contributed by atoms with Crippen LogP contribution in [0.5, 0.6) is 5.75 Å². The molecule has 0 amide bonds. The number of hydrogen-bond acceptors (Lipinski definition) is 3. The lowest BCUT2D eigenvalue weighted by Gasteiger charge is -2.15. The van der Waals surface area contributed by atoms with E-state index in [0.29, 0.717) is 12.1 Å². The number of benzene rings is 2. The molecule has 2 aromatic carbocycles. The van der Waals surface area contributed by atoms with Crippen molar-refractivity contribution in [1.29, 1.82) is 0 Å². The molecule has 2 rings (SSSR count). The van der Waals surface area contributed by atoms with Crippen LogP contribution in [-0.2, 0) is 6.54 Å².